The lowest BCUT2D eigenvalue weighted by Crippen LogP contribution is -1.77. The van der Waals surface area contributed by atoms with E-state index in [1.807, 2.05) is 24.3 Å². The molecule has 1 radical (unpaired) electrons. The third-order valence-electron chi connectivity index (χ3n) is 1.96. The molecular weight excluding hydrogens is 304 g/mol. The van der Waals surface area contributed by atoms with E-state index in [1.165, 1.54) is 11.1 Å². The molecule has 0 aliphatic carbocycles. The Bertz CT molecular complexity index is 435. The molecule has 0 amide bonds. The fraction of sp³-hybridized carbons (Fsp3) is 0. The van der Waals surface area contributed by atoms with Gasteiger partial charge in [-0.1, -0.05) is 24.3 Å². The summed E-state index contributed by atoms with van der Waals surface area (Å²) in [6.07, 6.45) is 0. The Hall–Kier alpha value is -0.600. The molecule has 2 rings (SSSR count). The Balaban J connectivity index is 2.48. The molecule has 0 N–H and O–H groups in total. The standard InChI is InChI=1S/C12H7Br2/c13-11-7-6-10(8-12(11)14)9-4-2-1-3-5-9/h1-2,4-8H. The summed E-state index contributed by atoms with van der Waals surface area (Å²) in [7, 11) is 0. The maximum absolute atomic E-state index is 3.49. The first kappa shape index (κ1) is 9.94. The van der Waals surface area contributed by atoms with Gasteiger partial charge in [-0.2, -0.15) is 0 Å². The van der Waals surface area contributed by atoms with Crippen LogP contribution < -0.4 is 0 Å². The van der Waals surface area contributed by atoms with Crippen molar-refractivity contribution >= 4 is 31.9 Å². The van der Waals surface area contributed by atoms with Crippen molar-refractivity contribution in [2.45, 2.75) is 0 Å². The highest BCUT2D eigenvalue weighted by Crippen LogP contribution is 2.28. The van der Waals surface area contributed by atoms with Gasteiger partial charge in [0.1, 0.15) is 0 Å². The van der Waals surface area contributed by atoms with Gasteiger partial charge in [0, 0.05) is 8.95 Å². The second kappa shape index (κ2) is 4.28. The lowest BCUT2D eigenvalue weighted by molar-refractivity contribution is 1.55. The number of hydrogen-bond acceptors (Lipinski definition) is 0. The first-order valence-corrected chi connectivity index (χ1v) is 5.77. The largest absolute Gasteiger partial charge is 0.0610 e. The third-order valence-corrected chi connectivity index (χ3v) is 3.84. The minimum atomic E-state index is 1.07. The molecule has 0 unspecified atom stereocenters. The summed E-state index contributed by atoms with van der Waals surface area (Å²) in [5.41, 5.74) is 2.37. The lowest BCUT2D eigenvalue weighted by Gasteiger charge is -2.02. The number of rotatable bonds is 1. The number of benzene rings is 2. The zero-order valence-corrected chi connectivity index (χ0v) is 10.5. The van der Waals surface area contributed by atoms with Crippen LogP contribution in [0, 0.1) is 6.07 Å². The molecule has 0 heterocycles. The van der Waals surface area contributed by atoms with Gasteiger partial charge in [0.25, 0.3) is 0 Å². The van der Waals surface area contributed by atoms with Gasteiger partial charge in [-0.05, 0) is 67.3 Å². The zero-order valence-electron chi connectivity index (χ0n) is 7.30. The van der Waals surface area contributed by atoms with E-state index in [2.05, 4.69) is 56.1 Å². The molecule has 0 fully saturated rings. The van der Waals surface area contributed by atoms with Crippen molar-refractivity contribution in [2.75, 3.05) is 0 Å². The summed E-state index contributed by atoms with van der Waals surface area (Å²) in [6.45, 7) is 0. The maximum atomic E-state index is 3.49. The normalized spacial score (nSPS) is 10.1. The van der Waals surface area contributed by atoms with Gasteiger partial charge >= 0.3 is 0 Å². The first-order chi connectivity index (χ1) is 6.77. The van der Waals surface area contributed by atoms with Gasteiger partial charge in [-0.3, -0.25) is 0 Å². The van der Waals surface area contributed by atoms with Crippen molar-refractivity contribution in [1.82, 2.24) is 0 Å². The van der Waals surface area contributed by atoms with E-state index in [0.29, 0.717) is 0 Å². The molecule has 0 bridgehead atoms. The summed E-state index contributed by atoms with van der Waals surface area (Å²) in [5.74, 6) is 0. The molecule has 69 valence electrons. The van der Waals surface area contributed by atoms with E-state index in [1.54, 1.807) is 0 Å². The van der Waals surface area contributed by atoms with Crippen LogP contribution in [-0.4, -0.2) is 0 Å². The van der Waals surface area contributed by atoms with Crippen LogP contribution in [0.2, 0.25) is 0 Å². The fourth-order valence-corrected chi connectivity index (χ4v) is 1.87. The van der Waals surface area contributed by atoms with Crippen LogP contribution in [0.3, 0.4) is 0 Å². The Morgan fingerprint density at radius 1 is 0.929 bits per heavy atom. The van der Waals surface area contributed by atoms with E-state index >= 15 is 0 Å². The minimum Gasteiger partial charge on any atom is -0.0610 e. The average molecular weight is 311 g/mol. The van der Waals surface area contributed by atoms with E-state index in [4.69, 9.17) is 0 Å². The summed E-state index contributed by atoms with van der Waals surface area (Å²) >= 11 is 6.93. The molecule has 0 aliphatic heterocycles. The van der Waals surface area contributed by atoms with E-state index in [9.17, 15) is 0 Å². The Morgan fingerprint density at radius 3 is 2.43 bits per heavy atom. The molecule has 2 aromatic rings. The topological polar surface area (TPSA) is 0 Å². The molecular formula is C12H7Br2. The predicted molar refractivity (Wildman–Crippen MR) is 66.1 cm³/mol. The van der Waals surface area contributed by atoms with Crippen LogP contribution in [0.25, 0.3) is 11.1 Å². The van der Waals surface area contributed by atoms with Crippen molar-refractivity contribution in [3.8, 4) is 11.1 Å². The maximum Gasteiger partial charge on any atom is 0.0323 e. The smallest absolute Gasteiger partial charge is 0.0323 e. The van der Waals surface area contributed by atoms with Crippen LogP contribution in [0.5, 0.6) is 0 Å². The molecule has 0 aliphatic rings. The molecule has 0 saturated carbocycles. The molecule has 2 aromatic carbocycles. The van der Waals surface area contributed by atoms with Gasteiger partial charge < -0.3 is 0 Å². The third kappa shape index (κ3) is 2.07. The molecule has 0 saturated heterocycles. The van der Waals surface area contributed by atoms with E-state index in [-0.39, 0.29) is 0 Å². The summed E-state index contributed by atoms with van der Waals surface area (Å²) in [5, 5.41) is 0. The summed E-state index contributed by atoms with van der Waals surface area (Å²) < 4.78 is 2.14. The van der Waals surface area contributed by atoms with Gasteiger partial charge in [-0.15, -0.1) is 0 Å². The van der Waals surface area contributed by atoms with Crippen molar-refractivity contribution < 1.29 is 0 Å². The van der Waals surface area contributed by atoms with Crippen molar-refractivity contribution in [2.24, 2.45) is 0 Å². The highest BCUT2D eigenvalue weighted by Gasteiger charge is 2.00. The van der Waals surface area contributed by atoms with Crippen LogP contribution in [0.15, 0.2) is 51.4 Å². The average Bonchev–Trinajstić information content (AvgIpc) is 2.23. The Morgan fingerprint density at radius 2 is 1.79 bits per heavy atom. The van der Waals surface area contributed by atoms with Crippen LogP contribution >= 0.6 is 31.9 Å². The summed E-state index contributed by atoms with van der Waals surface area (Å²) in [4.78, 5) is 0. The molecule has 0 atom stereocenters. The van der Waals surface area contributed by atoms with E-state index < -0.39 is 0 Å². The lowest BCUT2D eigenvalue weighted by atomic mass is 10.1. The Kier molecular flexibility index (Phi) is 3.04. The number of halogens is 2. The second-order valence-corrected chi connectivity index (χ2v) is 4.63. The van der Waals surface area contributed by atoms with Crippen LogP contribution in [0.4, 0.5) is 0 Å². The highest BCUT2D eigenvalue weighted by molar-refractivity contribution is 9.13. The molecule has 0 nitrogen and oxygen atoms in total. The predicted octanol–water partition coefficient (Wildman–Crippen LogP) is 4.68. The molecule has 14 heavy (non-hydrogen) atoms. The van der Waals surface area contributed by atoms with Gasteiger partial charge in [0.05, 0.1) is 0 Å². The van der Waals surface area contributed by atoms with Crippen molar-refractivity contribution in [3.05, 3.63) is 57.5 Å². The zero-order chi connectivity index (χ0) is 9.97. The fourth-order valence-electron chi connectivity index (χ4n) is 1.25. The van der Waals surface area contributed by atoms with E-state index in [0.717, 1.165) is 8.95 Å². The van der Waals surface area contributed by atoms with Crippen molar-refractivity contribution in [1.29, 1.82) is 0 Å². The summed E-state index contributed by atoms with van der Waals surface area (Å²) in [6, 6.07) is 17.2. The monoisotopic (exact) mass is 309 g/mol. The SMILES string of the molecule is Brc1ccc(-c2c[c]ccc2)cc1Br. The second-order valence-electron chi connectivity index (χ2n) is 2.92. The van der Waals surface area contributed by atoms with Crippen LogP contribution in [0.1, 0.15) is 0 Å². The molecule has 2 heteroatoms. The first-order valence-electron chi connectivity index (χ1n) is 4.19. The van der Waals surface area contributed by atoms with Gasteiger partial charge in [-0.25, -0.2) is 0 Å². The van der Waals surface area contributed by atoms with Crippen LogP contribution in [-0.2, 0) is 0 Å². The minimum absolute atomic E-state index is 1.07. The Labute approximate surface area is 100 Å². The molecule has 0 spiro atoms. The molecule has 0 aromatic heterocycles. The number of hydrogen-bond donors (Lipinski definition) is 0. The quantitative estimate of drug-likeness (QED) is 0.717. The van der Waals surface area contributed by atoms with Crippen molar-refractivity contribution in [3.63, 3.8) is 0 Å². The van der Waals surface area contributed by atoms with Gasteiger partial charge in [0.15, 0.2) is 0 Å². The van der Waals surface area contributed by atoms with Gasteiger partial charge in [0.2, 0.25) is 0 Å². The highest BCUT2D eigenvalue weighted by atomic mass is 79.9.